The van der Waals surface area contributed by atoms with E-state index in [0.29, 0.717) is 6.42 Å². The van der Waals surface area contributed by atoms with Crippen molar-refractivity contribution in [1.82, 2.24) is 0 Å². The minimum Gasteiger partial charge on any atom is -0.333 e. The van der Waals surface area contributed by atoms with Gasteiger partial charge in [0.1, 0.15) is 6.29 Å². The fourth-order valence-corrected chi connectivity index (χ4v) is 0. The van der Waals surface area contributed by atoms with Crippen LogP contribution in [-0.4, -0.2) is 19.9 Å². The van der Waals surface area contributed by atoms with Gasteiger partial charge in [-0.05, 0) is 13.6 Å². The molecule has 0 heterocycles. The molecule has 0 fully saturated rings. The Kier molecular flexibility index (Phi) is 86.5. The van der Waals surface area contributed by atoms with E-state index in [4.69, 9.17) is 5.73 Å². The summed E-state index contributed by atoms with van der Waals surface area (Å²) in [6, 6.07) is 0. The monoisotopic (exact) mass is 134 g/mol. The summed E-state index contributed by atoms with van der Waals surface area (Å²) < 4.78 is 0. The van der Waals surface area contributed by atoms with E-state index in [9.17, 15) is 4.79 Å². The van der Waals surface area contributed by atoms with Gasteiger partial charge in [-0.15, -0.1) is 0 Å². The second-order valence-electron chi connectivity index (χ2n) is 0.983. The van der Waals surface area contributed by atoms with Gasteiger partial charge >= 0.3 is 0 Å². The van der Waals surface area contributed by atoms with Crippen LogP contribution in [0.3, 0.4) is 0 Å². The topological polar surface area (TPSA) is 69.1 Å². The minimum absolute atomic E-state index is 0.639. The molecule has 0 aliphatic rings. The third kappa shape index (κ3) is 681. The van der Waals surface area contributed by atoms with Gasteiger partial charge in [0.2, 0.25) is 0 Å². The average Bonchev–Trinajstić information content (AvgIpc) is 1.94. The van der Waals surface area contributed by atoms with E-state index in [1.807, 2.05) is 13.8 Å². The normalized spacial score (nSPS) is 5.44. The minimum atomic E-state index is 0.639. The van der Waals surface area contributed by atoms with Gasteiger partial charge in [-0.25, -0.2) is 0 Å². The Bertz CT molecular complexity index is 32.2. The van der Waals surface area contributed by atoms with Crippen molar-refractivity contribution in [3.8, 4) is 0 Å². The highest BCUT2D eigenvalue weighted by molar-refractivity contribution is 5.48. The van der Waals surface area contributed by atoms with Crippen LogP contribution in [0.25, 0.3) is 0 Å². The molecular formula is C6H18N2O. The molecule has 0 saturated heterocycles. The predicted octanol–water partition coefficient (Wildman–Crippen LogP) is 0.135. The van der Waals surface area contributed by atoms with Crippen LogP contribution in [0.15, 0.2) is 0 Å². The zero-order chi connectivity index (χ0) is 8.12. The molecule has 0 aromatic carbocycles. The van der Waals surface area contributed by atoms with Crippen LogP contribution in [0, 0.1) is 0 Å². The van der Waals surface area contributed by atoms with Crippen molar-refractivity contribution < 1.29 is 4.79 Å². The molecule has 0 saturated carbocycles. The Labute approximate surface area is 57.4 Å². The summed E-state index contributed by atoms with van der Waals surface area (Å²) >= 11 is 0. The fraction of sp³-hybridized carbons (Fsp3) is 0.833. The van der Waals surface area contributed by atoms with Gasteiger partial charge in [0.05, 0.1) is 0 Å². The first-order valence-corrected chi connectivity index (χ1v) is 3.04. The predicted molar refractivity (Wildman–Crippen MR) is 41.2 cm³/mol. The van der Waals surface area contributed by atoms with Crippen molar-refractivity contribution >= 4 is 6.29 Å². The van der Waals surface area contributed by atoms with Gasteiger partial charge in [-0.2, -0.15) is 0 Å². The lowest BCUT2D eigenvalue weighted by Gasteiger charge is -1.53. The molecule has 4 N–H and O–H groups in total. The van der Waals surface area contributed by atoms with E-state index in [0.717, 1.165) is 12.8 Å². The van der Waals surface area contributed by atoms with Crippen molar-refractivity contribution in [2.24, 2.45) is 11.5 Å². The first kappa shape index (κ1) is 15.8. The SMILES string of the molecule is CCC=O.CCN.CN. The van der Waals surface area contributed by atoms with E-state index < -0.39 is 0 Å². The fourth-order valence-electron chi connectivity index (χ4n) is 0. The van der Waals surface area contributed by atoms with Crippen molar-refractivity contribution in [1.29, 1.82) is 0 Å². The maximum atomic E-state index is 9.17. The van der Waals surface area contributed by atoms with Crippen molar-refractivity contribution in [3.63, 3.8) is 0 Å². The maximum absolute atomic E-state index is 9.17. The molecule has 0 radical (unpaired) electrons. The standard InChI is InChI=1S/C3H6O.C2H7N.CH5N/c1-2-3-4;1-2-3;1-2/h3H,2H2,1H3;2-3H2,1H3;2H2,1H3. The smallest absolute Gasteiger partial charge is 0.119 e. The molecule has 9 heavy (non-hydrogen) atoms. The molecule has 0 spiro atoms. The van der Waals surface area contributed by atoms with Crippen molar-refractivity contribution in [3.05, 3.63) is 0 Å². The Morgan fingerprint density at radius 3 is 1.44 bits per heavy atom. The lowest BCUT2D eigenvalue weighted by molar-refractivity contribution is -0.107. The number of rotatable bonds is 1. The van der Waals surface area contributed by atoms with E-state index in [-0.39, 0.29) is 0 Å². The van der Waals surface area contributed by atoms with Crippen LogP contribution in [0.5, 0.6) is 0 Å². The van der Waals surface area contributed by atoms with Crippen LogP contribution in [0.1, 0.15) is 20.3 Å². The quantitative estimate of drug-likeness (QED) is 0.501. The number of hydrogen-bond donors (Lipinski definition) is 2. The van der Waals surface area contributed by atoms with Crippen LogP contribution < -0.4 is 11.5 Å². The molecule has 58 valence electrons. The first-order chi connectivity index (χ1) is 4.33. The number of aldehydes is 1. The third-order valence-electron chi connectivity index (χ3n) is 0.167. The van der Waals surface area contributed by atoms with E-state index in [1.165, 1.54) is 7.05 Å². The summed E-state index contributed by atoms with van der Waals surface area (Å²) in [6.07, 6.45) is 1.51. The molecule has 0 amide bonds. The number of carbonyl (C=O) groups is 1. The molecule has 0 aliphatic carbocycles. The summed E-state index contributed by atoms with van der Waals surface area (Å²) in [5.41, 5.74) is 9.35. The maximum Gasteiger partial charge on any atom is 0.119 e. The van der Waals surface area contributed by atoms with Crippen molar-refractivity contribution in [2.75, 3.05) is 13.6 Å². The van der Waals surface area contributed by atoms with Crippen LogP contribution in [0.4, 0.5) is 0 Å². The van der Waals surface area contributed by atoms with Gasteiger partial charge in [0.15, 0.2) is 0 Å². The van der Waals surface area contributed by atoms with Gasteiger partial charge in [0.25, 0.3) is 0 Å². The molecule has 0 atom stereocenters. The molecule has 3 heteroatoms. The Balaban J connectivity index is -0.0000000646. The highest BCUT2D eigenvalue weighted by Gasteiger charge is 1.52. The highest BCUT2D eigenvalue weighted by Crippen LogP contribution is 1.53. The molecule has 0 aliphatic heterocycles. The third-order valence-corrected chi connectivity index (χ3v) is 0.167. The molecular weight excluding hydrogens is 116 g/mol. The van der Waals surface area contributed by atoms with Gasteiger partial charge in [-0.3, -0.25) is 0 Å². The lowest BCUT2D eigenvalue weighted by Crippen LogP contribution is -1.87. The highest BCUT2D eigenvalue weighted by atomic mass is 16.1. The van der Waals surface area contributed by atoms with Gasteiger partial charge < -0.3 is 16.3 Å². The van der Waals surface area contributed by atoms with Crippen molar-refractivity contribution in [2.45, 2.75) is 20.3 Å². The number of hydrogen-bond acceptors (Lipinski definition) is 3. The first-order valence-electron chi connectivity index (χ1n) is 3.04. The van der Waals surface area contributed by atoms with E-state index >= 15 is 0 Å². The summed E-state index contributed by atoms with van der Waals surface area (Å²) in [7, 11) is 1.50. The zero-order valence-electron chi connectivity index (χ0n) is 6.55. The number of nitrogens with two attached hydrogens (primary N) is 2. The molecule has 0 bridgehead atoms. The zero-order valence-corrected chi connectivity index (χ0v) is 6.55. The second-order valence-corrected chi connectivity index (χ2v) is 0.983. The van der Waals surface area contributed by atoms with Crippen LogP contribution in [0.2, 0.25) is 0 Å². The summed E-state index contributed by atoms with van der Waals surface area (Å²) in [4.78, 5) is 9.17. The Morgan fingerprint density at radius 1 is 1.33 bits per heavy atom. The molecule has 3 nitrogen and oxygen atoms in total. The Hall–Kier alpha value is -0.410. The molecule has 0 aromatic heterocycles. The Morgan fingerprint density at radius 2 is 1.44 bits per heavy atom. The molecule has 0 unspecified atom stereocenters. The average molecular weight is 134 g/mol. The van der Waals surface area contributed by atoms with E-state index in [1.54, 1.807) is 0 Å². The largest absolute Gasteiger partial charge is 0.333 e. The lowest BCUT2D eigenvalue weighted by atomic mass is 10.6. The second kappa shape index (κ2) is 49.1. The van der Waals surface area contributed by atoms with Gasteiger partial charge in [0, 0.05) is 6.42 Å². The molecule has 0 rings (SSSR count). The van der Waals surface area contributed by atoms with Crippen LogP contribution >= 0.6 is 0 Å². The van der Waals surface area contributed by atoms with E-state index in [2.05, 4.69) is 5.73 Å². The molecule has 0 aromatic rings. The number of carbonyl (C=O) groups excluding carboxylic acids is 1. The summed E-state index contributed by atoms with van der Waals surface area (Å²) in [6.45, 7) is 4.47. The van der Waals surface area contributed by atoms with Crippen LogP contribution in [-0.2, 0) is 4.79 Å². The van der Waals surface area contributed by atoms with Gasteiger partial charge in [-0.1, -0.05) is 13.8 Å². The summed E-state index contributed by atoms with van der Waals surface area (Å²) in [5, 5.41) is 0. The summed E-state index contributed by atoms with van der Waals surface area (Å²) in [5.74, 6) is 0.